The molecule has 2 aliphatic rings. The van der Waals surface area contributed by atoms with E-state index in [2.05, 4.69) is 45.1 Å². The summed E-state index contributed by atoms with van der Waals surface area (Å²) in [5.41, 5.74) is 4.51. The normalized spacial score (nSPS) is 19.7. The molecule has 0 saturated carbocycles. The summed E-state index contributed by atoms with van der Waals surface area (Å²) in [4.78, 5) is 9.63. The van der Waals surface area contributed by atoms with Crippen LogP contribution in [0.4, 0.5) is 0 Å². The van der Waals surface area contributed by atoms with Crippen molar-refractivity contribution in [3.8, 4) is 0 Å². The van der Waals surface area contributed by atoms with Gasteiger partial charge in [-0.05, 0) is 74.5 Å². The Hall–Kier alpha value is -1.71. The number of aromatic nitrogens is 1. The summed E-state index contributed by atoms with van der Waals surface area (Å²) >= 11 is 0. The van der Waals surface area contributed by atoms with Gasteiger partial charge in [-0.2, -0.15) is 0 Å². The molecule has 2 heterocycles. The zero-order chi connectivity index (χ0) is 16.9. The number of nitrogens with zero attached hydrogens (tertiary/aromatic N) is 3. The molecule has 1 aromatic carbocycles. The van der Waals surface area contributed by atoms with Crippen LogP contribution in [0.1, 0.15) is 29.5 Å². The summed E-state index contributed by atoms with van der Waals surface area (Å²) in [7, 11) is 0. The molecule has 1 aromatic heterocycles. The Morgan fingerprint density at radius 3 is 2.52 bits per heavy atom. The smallest absolute Gasteiger partial charge is 0.0299 e. The molecule has 0 bridgehead atoms. The average Bonchev–Trinajstić information content (AvgIpc) is 2.95. The molecule has 3 heteroatoms. The van der Waals surface area contributed by atoms with Gasteiger partial charge >= 0.3 is 0 Å². The van der Waals surface area contributed by atoms with E-state index in [4.69, 9.17) is 0 Å². The van der Waals surface area contributed by atoms with E-state index in [1.165, 1.54) is 64.0 Å². The lowest BCUT2D eigenvalue weighted by Gasteiger charge is -2.27. The van der Waals surface area contributed by atoms with Crippen molar-refractivity contribution < 1.29 is 0 Å². The van der Waals surface area contributed by atoms with E-state index >= 15 is 0 Å². The number of aryl methyl sites for hydroxylation is 1. The summed E-state index contributed by atoms with van der Waals surface area (Å²) < 4.78 is 0. The van der Waals surface area contributed by atoms with Gasteiger partial charge < -0.3 is 4.90 Å². The van der Waals surface area contributed by atoms with Gasteiger partial charge in [-0.15, -0.1) is 0 Å². The van der Waals surface area contributed by atoms with Crippen LogP contribution in [-0.4, -0.2) is 53.5 Å². The SMILES string of the molecule is c1cncc(CCCN2CCCN(C3Cc4ccccc4C3)CC2)c1. The Morgan fingerprint density at radius 1 is 0.920 bits per heavy atom. The molecular weight excluding hydrogens is 306 g/mol. The molecule has 0 spiro atoms. The van der Waals surface area contributed by atoms with Gasteiger partial charge in [-0.3, -0.25) is 9.88 Å². The average molecular weight is 335 g/mol. The Kier molecular flexibility index (Phi) is 5.43. The van der Waals surface area contributed by atoms with Gasteiger partial charge in [0.25, 0.3) is 0 Å². The third kappa shape index (κ3) is 4.28. The largest absolute Gasteiger partial charge is 0.302 e. The molecule has 0 unspecified atom stereocenters. The molecule has 4 rings (SSSR count). The van der Waals surface area contributed by atoms with E-state index in [1.807, 2.05) is 18.5 Å². The highest BCUT2D eigenvalue weighted by molar-refractivity contribution is 5.33. The van der Waals surface area contributed by atoms with Crippen LogP contribution >= 0.6 is 0 Å². The molecule has 1 saturated heterocycles. The van der Waals surface area contributed by atoms with Crippen molar-refractivity contribution in [2.45, 2.75) is 38.1 Å². The molecule has 1 aliphatic heterocycles. The summed E-state index contributed by atoms with van der Waals surface area (Å²) in [5.74, 6) is 0. The van der Waals surface area contributed by atoms with Crippen molar-refractivity contribution in [2.24, 2.45) is 0 Å². The van der Waals surface area contributed by atoms with Crippen LogP contribution in [0.15, 0.2) is 48.8 Å². The molecule has 0 N–H and O–H groups in total. The van der Waals surface area contributed by atoms with Crippen LogP contribution in [0.25, 0.3) is 0 Å². The standard InChI is InChI=1S/C22H29N3/c1-2-9-21-17-22(16-20(21)8-1)25-13-5-12-24(14-15-25)11-4-7-19-6-3-10-23-18-19/h1-3,6,8-10,18,22H,4-5,7,11-17H2. The number of hydrogen-bond acceptors (Lipinski definition) is 3. The minimum Gasteiger partial charge on any atom is -0.302 e. The Bertz CT molecular complexity index is 645. The van der Waals surface area contributed by atoms with E-state index < -0.39 is 0 Å². The van der Waals surface area contributed by atoms with Crippen LogP contribution in [0, 0.1) is 0 Å². The monoisotopic (exact) mass is 335 g/mol. The van der Waals surface area contributed by atoms with Gasteiger partial charge in [0.2, 0.25) is 0 Å². The van der Waals surface area contributed by atoms with Crippen LogP contribution < -0.4 is 0 Å². The molecule has 2 aromatic rings. The fraction of sp³-hybridized carbons (Fsp3) is 0.500. The van der Waals surface area contributed by atoms with Crippen LogP contribution in [0.2, 0.25) is 0 Å². The second-order valence-electron chi connectivity index (χ2n) is 7.53. The second-order valence-corrected chi connectivity index (χ2v) is 7.53. The molecular formula is C22H29N3. The van der Waals surface area contributed by atoms with Crippen molar-refractivity contribution in [1.29, 1.82) is 0 Å². The Balaban J connectivity index is 1.24. The maximum Gasteiger partial charge on any atom is 0.0299 e. The highest BCUT2D eigenvalue weighted by Crippen LogP contribution is 2.26. The maximum absolute atomic E-state index is 4.22. The number of pyridine rings is 1. The highest BCUT2D eigenvalue weighted by Gasteiger charge is 2.27. The molecule has 0 radical (unpaired) electrons. The zero-order valence-corrected chi connectivity index (χ0v) is 15.1. The number of hydrogen-bond donors (Lipinski definition) is 0. The van der Waals surface area contributed by atoms with Crippen molar-refractivity contribution in [3.05, 3.63) is 65.5 Å². The predicted molar refractivity (Wildman–Crippen MR) is 103 cm³/mol. The third-order valence-corrected chi connectivity index (χ3v) is 5.83. The van der Waals surface area contributed by atoms with E-state index in [9.17, 15) is 0 Å². The van der Waals surface area contributed by atoms with Gasteiger partial charge in [0.15, 0.2) is 0 Å². The molecule has 1 fully saturated rings. The van der Waals surface area contributed by atoms with Gasteiger partial charge in [0, 0.05) is 31.5 Å². The molecule has 25 heavy (non-hydrogen) atoms. The summed E-state index contributed by atoms with van der Waals surface area (Å²) in [5, 5.41) is 0. The molecule has 0 amide bonds. The van der Waals surface area contributed by atoms with E-state index in [-0.39, 0.29) is 0 Å². The first-order valence-electron chi connectivity index (χ1n) is 9.80. The van der Waals surface area contributed by atoms with Crippen molar-refractivity contribution in [3.63, 3.8) is 0 Å². The van der Waals surface area contributed by atoms with Crippen molar-refractivity contribution in [2.75, 3.05) is 32.7 Å². The number of benzene rings is 1. The minimum atomic E-state index is 0.729. The van der Waals surface area contributed by atoms with Gasteiger partial charge in [0.1, 0.15) is 0 Å². The van der Waals surface area contributed by atoms with Crippen LogP contribution in [-0.2, 0) is 19.3 Å². The maximum atomic E-state index is 4.22. The van der Waals surface area contributed by atoms with Gasteiger partial charge in [-0.1, -0.05) is 30.3 Å². The van der Waals surface area contributed by atoms with Crippen molar-refractivity contribution in [1.82, 2.24) is 14.8 Å². The van der Waals surface area contributed by atoms with E-state index in [1.54, 1.807) is 11.1 Å². The van der Waals surface area contributed by atoms with Crippen LogP contribution in [0.5, 0.6) is 0 Å². The van der Waals surface area contributed by atoms with Gasteiger partial charge in [0.05, 0.1) is 0 Å². The zero-order valence-electron chi connectivity index (χ0n) is 15.1. The molecule has 3 nitrogen and oxygen atoms in total. The van der Waals surface area contributed by atoms with Crippen molar-refractivity contribution >= 4 is 0 Å². The summed E-state index contributed by atoms with van der Waals surface area (Å²) in [6, 6.07) is 14.0. The highest BCUT2D eigenvalue weighted by atomic mass is 15.2. The summed E-state index contributed by atoms with van der Waals surface area (Å²) in [6.45, 7) is 6.18. The lowest BCUT2D eigenvalue weighted by molar-refractivity contribution is 0.202. The first kappa shape index (κ1) is 16.7. The number of fused-ring (bicyclic) bond motifs is 1. The fourth-order valence-electron chi connectivity index (χ4n) is 4.43. The Morgan fingerprint density at radius 2 is 1.76 bits per heavy atom. The first-order valence-corrected chi connectivity index (χ1v) is 9.80. The minimum absolute atomic E-state index is 0.729. The fourth-order valence-corrected chi connectivity index (χ4v) is 4.43. The number of rotatable bonds is 5. The quantitative estimate of drug-likeness (QED) is 0.836. The molecule has 0 atom stereocenters. The summed E-state index contributed by atoms with van der Waals surface area (Å²) in [6.07, 6.45) is 10.0. The predicted octanol–water partition coefficient (Wildman–Crippen LogP) is 3.19. The topological polar surface area (TPSA) is 19.4 Å². The van der Waals surface area contributed by atoms with Crippen LogP contribution in [0.3, 0.4) is 0 Å². The Labute approximate surface area is 151 Å². The van der Waals surface area contributed by atoms with Gasteiger partial charge in [-0.25, -0.2) is 0 Å². The van der Waals surface area contributed by atoms with E-state index in [0.29, 0.717) is 0 Å². The third-order valence-electron chi connectivity index (χ3n) is 5.83. The second kappa shape index (κ2) is 8.11. The lowest BCUT2D eigenvalue weighted by atomic mass is 10.1. The van der Waals surface area contributed by atoms with E-state index in [0.717, 1.165) is 12.5 Å². The lowest BCUT2D eigenvalue weighted by Crippen LogP contribution is -2.39. The molecule has 1 aliphatic carbocycles. The first-order chi connectivity index (χ1) is 12.4. The molecule has 132 valence electrons.